The van der Waals surface area contributed by atoms with Crippen LogP contribution in [-0.4, -0.2) is 0 Å². The molecule has 0 saturated heterocycles. The molecule has 1 aliphatic rings. The van der Waals surface area contributed by atoms with Gasteiger partial charge in [-0.25, -0.2) is 0 Å². The van der Waals surface area contributed by atoms with Crippen molar-refractivity contribution in [1.29, 1.82) is 0 Å². The van der Waals surface area contributed by atoms with Crippen molar-refractivity contribution >= 4 is 35.6 Å². The predicted octanol–water partition coefficient (Wildman–Crippen LogP) is 5.34. The monoisotopic (exact) mass is 327 g/mol. The molecule has 2 aromatic rings. The molecule has 2 atom stereocenters. The van der Waals surface area contributed by atoms with E-state index in [-0.39, 0.29) is 18.4 Å². The van der Waals surface area contributed by atoms with Gasteiger partial charge in [0.15, 0.2) is 0 Å². The third kappa shape index (κ3) is 2.82. The number of hydrogen-bond acceptors (Lipinski definition) is 1. The maximum atomic E-state index is 6.19. The SMILES string of the molecule is Cl.N[C@@H]1CC[C@H](c2ccc(Cl)c(Cl)c2)c2ccccc21. The first-order valence-corrected chi connectivity index (χ1v) is 7.22. The molecule has 0 saturated carbocycles. The van der Waals surface area contributed by atoms with E-state index in [0.29, 0.717) is 16.0 Å². The minimum absolute atomic E-state index is 0. The van der Waals surface area contributed by atoms with E-state index in [1.807, 2.05) is 12.1 Å². The van der Waals surface area contributed by atoms with Crippen molar-refractivity contribution in [2.24, 2.45) is 5.73 Å². The molecule has 20 heavy (non-hydrogen) atoms. The van der Waals surface area contributed by atoms with Gasteiger partial charge >= 0.3 is 0 Å². The quantitative estimate of drug-likeness (QED) is 0.751. The van der Waals surface area contributed by atoms with Crippen molar-refractivity contribution in [2.45, 2.75) is 24.8 Å². The average Bonchev–Trinajstić information content (AvgIpc) is 2.43. The lowest BCUT2D eigenvalue weighted by Gasteiger charge is -2.30. The minimum Gasteiger partial charge on any atom is -0.324 e. The van der Waals surface area contributed by atoms with Gasteiger partial charge in [-0.15, -0.1) is 12.4 Å². The third-order valence-electron chi connectivity index (χ3n) is 3.88. The molecule has 1 nitrogen and oxygen atoms in total. The third-order valence-corrected chi connectivity index (χ3v) is 4.62. The number of nitrogens with two attached hydrogens (primary N) is 1. The van der Waals surface area contributed by atoms with Crippen LogP contribution < -0.4 is 5.73 Å². The number of rotatable bonds is 1. The van der Waals surface area contributed by atoms with E-state index in [1.54, 1.807) is 0 Å². The summed E-state index contributed by atoms with van der Waals surface area (Å²) in [5, 5.41) is 1.22. The average molecular weight is 329 g/mol. The maximum Gasteiger partial charge on any atom is 0.0595 e. The molecule has 0 fully saturated rings. The van der Waals surface area contributed by atoms with Gasteiger partial charge in [0, 0.05) is 12.0 Å². The maximum absolute atomic E-state index is 6.19. The Hall–Kier alpha value is -0.730. The van der Waals surface area contributed by atoms with Crippen LogP contribution in [0.2, 0.25) is 10.0 Å². The molecule has 1 aliphatic carbocycles. The van der Waals surface area contributed by atoms with Gasteiger partial charge in [-0.1, -0.05) is 53.5 Å². The summed E-state index contributed by atoms with van der Waals surface area (Å²) in [6.45, 7) is 0. The van der Waals surface area contributed by atoms with Crippen molar-refractivity contribution in [3.05, 3.63) is 69.2 Å². The highest BCUT2D eigenvalue weighted by atomic mass is 35.5. The topological polar surface area (TPSA) is 26.0 Å². The standard InChI is InChI=1S/C16H15Cl2N.ClH/c17-14-7-5-10(9-15(14)18)11-6-8-16(19)13-4-2-1-3-12(11)13;/h1-5,7,9,11,16H,6,8,19H2;1H/t11-,16-;/m1./s1. The van der Waals surface area contributed by atoms with E-state index in [4.69, 9.17) is 28.9 Å². The van der Waals surface area contributed by atoms with Gasteiger partial charge in [-0.05, 0) is 41.7 Å². The van der Waals surface area contributed by atoms with Crippen LogP contribution >= 0.6 is 35.6 Å². The van der Waals surface area contributed by atoms with Crippen LogP contribution in [0.15, 0.2) is 42.5 Å². The molecule has 0 radical (unpaired) electrons. The summed E-state index contributed by atoms with van der Waals surface area (Å²) >= 11 is 12.1. The zero-order valence-corrected chi connectivity index (χ0v) is 13.2. The van der Waals surface area contributed by atoms with E-state index in [0.717, 1.165) is 12.8 Å². The second-order valence-electron chi connectivity index (χ2n) is 5.04. The summed E-state index contributed by atoms with van der Waals surface area (Å²) in [5.41, 5.74) is 9.98. The molecule has 2 aromatic carbocycles. The molecule has 2 N–H and O–H groups in total. The van der Waals surface area contributed by atoms with Crippen molar-refractivity contribution < 1.29 is 0 Å². The van der Waals surface area contributed by atoms with Gasteiger partial charge < -0.3 is 5.73 Å². The van der Waals surface area contributed by atoms with Gasteiger partial charge in [0.05, 0.1) is 10.0 Å². The molecular weight excluding hydrogens is 313 g/mol. The fraction of sp³-hybridized carbons (Fsp3) is 0.250. The Kier molecular flexibility index (Phi) is 4.98. The van der Waals surface area contributed by atoms with Crippen molar-refractivity contribution in [3.63, 3.8) is 0 Å². The molecule has 0 amide bonds. The van der Waals surface area contributed by atoms with Crippen molar-refractivity contribution in [2.75, 3.05) is 0 Å². The molecule has 106 valence electrons. The van der Waals surface area contributed by atoms with Crippen LogP contribution in [0.25, 0.3) is 0 Å². The zero-order chi connectivity index (χ0) is 13.4. The molecular formula is C16H16Cl3N. The van der Waals surface area contributed by atoms with E-state index in [9.17, 15) is 0 Å². The number of benzene rings is 2. The molecule has 0 aliphatic heterocycles. The second kappa shape index (κ2) is 6.36. The van der Waals surface area contributed by atoms with Gasteiger partial charge in [0.25, 0.3) is 0 Å². The summed E-state index contributed by atoms with van der Waals surface area (Å²) in [6.07, 6.45) is 2.05. The number of hydrogen-bond donors (Lipinski definition) is 1. The molecule has 4 heteroatoms. The highest BCUT2D eigenvalue weighted by Gasteiger charge is 2.26. The first kappa shape index (κ1) is 15.7. The minimum atomic E-state index is 0. The number of fused-ring (bicyclic) bond motifs is 1. The van der Waals surface area contributed by atoms with E-state index in [1.165, 1.54) is 16.7 Å². The van der Waals surface area contributed by atoms with Crippen LogP contribution in [-0.2, 0) is 0 Å². The highest BCUT2D eigenvalue weighted by Crippen LogP contribution is 2.41. The smallest absolute Gasteiger partial charge is 0.0595 e. The van der Waals surface area contributed by atoms with Gasteiger partial charge in [-0.3, -0.25) is 0 Å². The summed E-state index contributed by atoms with van der Waals surface area (Å²) in [4.78, 5) is 0. The van der Waals surface area contributed by atoms with E-state index in [2.05, 4.69) is 30.3 Å². The molecule has 0 bridgehead atoms. The lowest BCUT2D eigenvalue weighted by Crippen LogP contribution is -2.20. The van der Waals surface area contributed by atoms with Crippen molar-refractivity contribution in [3.8, 4) is 0 Å². The summed E-state index contributed by atoms with van der Waals surface area (Å²) in [5.74, 6) is 0.366. The number of halogens is 3. The Morgan fingerprint density at radius 1 is 0.900 bits per heavy atom. The van der Waals surface area contributed by atoms with E-state index >= 15 is 0 Å². The predicted molar refractivity (Wildman–Crippen MR) is 88.2 cm³/mol. The normalized spacial score (nSPS) is 20.9. The van der Waals surface area contributed by atoms with Gasteiger partial charge in [0.2, 0.25) is 0 Å². The molecule has 0 heterocycles. The Balaban J connectivity index is 0.00000147. The molecule has 0 aromatic heterocycles. The molecule has 0 spiro atoms. The fourth-order valence-electron chi connectivity index (χ4n) is 2.90. The fourth-order valence-corrected chi connectivity index (χ4v) is 3.21. The zero-order valence-electron chi connectivity index (χ0n) is 10.9. The van der Waals surface area contributed by atoms with Crippen LogP contribution in [0.3, 0.4) is 0 Å². The Morgan fingerprint density at radius 2 is 1.60 bits per heavy atom. The summed E-state index contributed by atoms with van der Waals surface area (Å²) < 4.78 is 0. The lowest BCUT2D eigenvalue weighted by molar-refractivity contribution is 0.530. The van der Waals surface area contributed by atoms with Crippen LogP contribution in [0.4, 0.5) is 0 Å². The summed E-state index contributed by atoms with van der Waals surface area (Å²) in [6, 6.07) is 14.5. The Morgan fingerprint density at radius 3 is 2.30 bits per heavy atom. The van der Waals surface area contributed by atoms with Gasteiger partial charge in [-0.2, -0.15) is 0 Å². The largest absolute Gasteiger partial charge is 0.324 e. The first-order valence-electron chi connectivity index (χ1n) is 6.46. The van der Waals surface area contributed by atoms with Crippen LogP contribution in [0.5, 0.6) is 0 Å². The van der Waals surface area contributed by atoms with Crippen molar-refractivity contribution in [1.82, 2.24) is 0 Å². The first-order chi connectivity index (χ1) is 9.16. The molecule has 3 rings (SSSR count). The Bertz CT molecular complexity index is 612. The van der Waals surface area contributed by atoms with Gasteiger partial charge in [0.1, 0.15) is 0 Å². The molecule has 0 unspecified atom stereocenters. The Labute approximate surface area is 135 Å². The lowest BCUT2D eigenvalue weighted by atomic mass is 9.77. The summed E-state index contributed by atoms with van der Waals surface area (Å²) in [7, 11) is 0. The van der Waals surface area contributed by atoms with E-state index < -0.39 is 0 Å². The second-order valence-corrected chi connectivity index (χ2v) is 5.85. The highest BCUT2D eigenvalue weighted by molar-refractivity contribution is 6.42. The van der Waals surface area contributed by atoms with Crippen LogP contribution in [0, 0.1) is 0 Å². The van der Waals surface area contributed by atoms with Crippen LogP contribution in [0.1, 0.15) is 41.5 Å².